The van der Waals surface area contributed by atoms with Crippen LogP contribution in [0.5, 0.6) is 0 Å². The van der Waals surface area contributed by atoms with Gasteiger partial charge in [0, 0.05) is 18.7 Å². The van der Waals surface area contributed by atoms with Gasteiger partial charge in [-0.1, -0.05) is 0 Å². The second kappa shape index (κ2) is 6.69. The summed E-state index contributed by atoms with van der Waals surface area (Å²) in [7, 11) is 0. The SMILES string of the molecule is O=C1CN=C(c2nnco2)c2cc(F)ccc2N1CN1CCOCC1. The Morgan fingerprint density at radius 3 is 2.84 bits per heavy atom. The predicted molar refractivity (Wildman–Crippen MR) is 85.9 cm³/mol. The number of amides is 1. The second-order valence-corrected chi connectivity index (χ2v) is 5.76. The standard InChI is InChI=1S/C16H16FN5O3/c17-11-1-2-13-12(7-11)15(16-20-19-9-25-16)18-8-14(23)22(13)10-21-3-5-24-6-4-21/h1-2,7,9H,3-6,8,10H2. The van der Waals surface area contributed by atoms with Crippen LogP contribution in [-0.4, -0.2) is 66.2 Å². The third-order valence-corrected chi connectivity index (χ3v) is 4.19. The molecule has 1 aromatic carbocycles. The molecule has 0 atom stereocenters. The number of nitrogens with zero attached hydrogens (tertiary/aromatic N) is 5. The molecular formula is C16H16FN5O3. The zero-order valence-corrected chi connectivity index (χ0v) is 13.4. The lowest BCUT2D eigenvalue weighted by atomic mass is 10.1. The zero-order chi connectivity index (χ0) is 17.2. The molecule has 1 aromatic heterocycles. The van der Waals surface area contributed by atoms with Crippen molar-refractivity contribution in [2.75, 3.05) is 44.4 Å². The van der Waals surface area contributed by atoms with E-state index in [9.17, 15) is 9.18 Å². The average molecular weight is 345 g/mol. The van der Waals surface area contributed by atoms with Gasteiger partial charge in [-0.15, -0.1) is 10.2 Å². The van der Waals surface area contributed by atoms with Crippen molar-refractivity contribution in [3.05, 3.63) is 41.9 Å². The summed E-state index contributed by atoms with van der Waals surface area (Å²) in [5, 5.41) is 7.49. The van der Waals surface area contributed by atoms with Gasteiger partial charge in [-0.2, -0.15) is 0 Å². The van der Waals surface area contributed by atoms with E-state index in [0.717, 1.165) is 13.1 Å². The van der Waals surface area contributed by atoms with Crippen molar-refractivity contribution in [2.24, 2.45) is 4.99 Å². The summed E-state index contributed by atoms with van der Waals surface area (Å²) in [6, 6.07) is 4.25. The van der Waals surface area contributed by atoms with Crippen molar-refractivity contribution in [1.29, 1.82) is 0 Å². The first-order valence-corrected chi connectivity index (χ1v) is 7.94. The molecule has 9 heteroatoms. The summed E-state index contributed by atoms with van der Waals surface area (Å²) in [6.07, 6.45) is 1.18. The minimum atomic E-state index is -0.424. The molecule has 4 rings (SSSR count). The number of hydrogen-bond donors (Lipinski definition) is 0. The maximum atomic E-state index is 13.9. The van der Waals surface area contributed by atoms with Crippen LogP contribution in [0.3, 0.4) is 0 Å². The Morgan fingerprint density at radius 1 is 1.24 bits per heavy atom. The van der Waals surface area contributed by atoms with Crippen LogP contribution < -0.4 is 4.90 Å². The summed E-state index contributed by atoms with van der Waals surface area (Å²) in [5.41, 5.74) is 1.36. The topological polar surface area (TPSA) is 84.1 Å². The largest absolute Gasteiger partial charge is 0.422 e. The smallest absolute Gasteiger partial charge is 0.266 e. The summed E-state index contributed by atoms with van der Waals surface area (Å²) in [6.45, 7) is 3.05. The maximum Gasteiger partial charge on any atom is 0.266 e. The van der Waals surface area contributed by atoms with E-state index in [-0.39, 0.29) is 18.3 Å². The summed E-state index contributed by atoms with van der Waals surface area (Å²) < 4.78 is 24.4. The van der Waals surface area contributed by atoms with Crippen LogP contribution in [0.1, 0.15) is 11.5 Å². The fourth-order valence-corrected chi connectivity index (χ4v) is 2.94. The van der Waals surface area contributed by atoms with E-state index >= 15 is 0 Å². The van der Waals surface area contributed by atoms with Gasteiger partial charge < -0.3 is 9.15 Å². The number of halogens is 1. The molecule has 0 bridgehead atoms. The fourth-order valence-electron chi connectivity index (χ4n) is 2.94. The number of ether oxygens (including phenoxy) is 1. The van der Waals surface area contributed by atoms with Crippen molar-refractivity contribution in [3.63, 3.8) is 0 Å². The van der Waals surface area contributed by atoms with Gasteiger partial charge in [-0.05, 0) is 18.2 Å². The highest BCUT2D eigenvalue weighted by molar-refractivity contribution is 6.17. The quantitative estimate of drug-likeness (QED) is 0.813. The normalized spacial score (nSPS) is 18.7. The first kappa shape index (κ1) is 15.9. The minimum absolute atomic E-state index is 0.0711. The number of anilines is 1. The Hall–Kier alpha value is -2.65. The molecule has 0 N–H and O–H groups in total. The predicted octanol–water partition coefficient (Wildman–Crippen LogP) is 0.682. The van der Waals surface area contributed by atoms with Crippen LogP contribution in [0.2, 0.25) is 0 Å². The van der Waals surface area contributed by atoms with Gasteiger partial charge >= 0.3 is 0 Å². The number of benzene rings is 1. The molecule has 1 fully saturated rings. The van der Waals surface area contributed by atoms with Crippen LogP contribution >= 0.6 is 0 Å². The molecule has 0 radical (unpaired) electrons. The molecule has 0 aliphatic carbocycles. The van der Waals surface area contributed by atoms with E-state index in [2.05, 4.69) is 20.1 Å². The molecule has 2 aromatic rings. The monoisotopic (exact) mass is 345 g/mol. The molecule has 3 heterocycles. The highest BCUT2D eigenvalue weighted by Crippen LogP contribution is 2.27. The lowest BCUT2D eigenvalue weighted by molar-refractivity contribution is -0.117. The van der Waals surface area contributed by atoms with Gasteiger partial charge in [-0.25, -0.2) is 4.39 Å². The Labute approximate surface area is 142 Å². The highest BCUT2D eigenvalue weighted by atomic mass is 19.1. The number of carbonyl (C=O) groups excluding carboxylic acids is 1. The Balaban J connectivity index is 1.74. The third kappa shape index (κ3) is 3.15. The van der Waals surface area contributed by atoms with Gasteiger partial charge in [0.25, 0.3) is 5.89 Å². The lowest BCUT2D eigenvalue weighted by Gasteiger charge is -2.32. The molecule has 1 saturated heterocycles. The molecule has 0 unspecified atom stereocenters. The number of hydrogen-bond acceptors (Lipinski definition) is 7. The Bertz CT molecular complexity index is 802. The third-order valence-electron chi connectivity index (χ3n) is 4.19. The van der Waals surface area contributed by atoms with E-state index in [1.54, 1.807) is 11.0 Å². The van der Waals surface area contributed by atoms with Crippen molar-refractivity contribution in [1.82, 2.24) is 15.1 Å². The van der Waals surface area contributed by atoms with Gasteiger partial charge in [0.05, 0.1) is 25.6 Å². The van der Waals surface area contributed by atoms with Crippen LogP contribution in [0.15, 0.2) is 34.0 Å². The van der Waals surface area contributed by atoms with Crippen molar-refractivity contribution < 1.29 is 18.3 Å². The zero-order valence-electron chi connectivity index (χ0n) is 13.4. The molecular weight excluding hydrogens is 329 g/mol. The van der Waals surface area contributed by atoms with Crippen LogP contribution in [0.4, 0.5) is 10.1 Å². The first-order chi connectivity index (χ1) is 12.2. The molecule has 8 nitrogen and oxygen atoms in total. The minimum Gasteiger partial charge on any atom is -0.422 e. The molecule has 1 amide bonds. The molecule has 2 aliphatic rings. The van der Waals surface area contributed by atoms with Crippen LogP contribution in [0, 0.1) is 5.82 Å². The number of aliphatic imine (C=N–C) groups is 1. The molecule has 0 spiro atoms. The van der Waals surface area contributed by atoms with E-state index in [0.29, 0.717) is 36.8 Å². The average Bonchev–Trinajstić information content (AvgIpc) is 3.11. The number of carbonyl (C=O) groups is 1. The van der Waals surface area contributed by atoms with E-state index < -0.39 is 5.82 Å². The molecule has 2 aliphatic heterocycles. The summed E-state index contributed by atoms with van der Waals surface area (Å²) >= 11 is 0. The van der Waals surface area contributed by atoms with Gasteiger partial charge in [0.1, 0.15) is 18.1 Å². The van der Waals surface area contributed by atoms with Crippen molar-refractivity contribution in [2.45, 2.75) is 0 Å². The number of morpholine rings is 1. The lowest BCUT2D eigenvalue weighted by Crippen LogP contribution is -2.47. The number of aromatic nitrogens is 2. The molecule has 130 valence electrons. The summed E-state index contributed by atoms with van der Waals surface area (Å²) in [5.74, 6) is -0.437. The van der Waals surface area contributed by atoms with Crippen molar-refractivity contribution in [3.8, 4) is 0 Å². The second-order valence-electron chi connectivity index (χ2n) is 5.76. The maximum absolute atomic E-state index is 13.9. The summed E-state index contributed by atoms with van der Waals surface area (Å²) in [4.78, 5) is 20.7. The van der Waals surface area contributed by atoms with E-state index in [4.69, 9.17) is 9.15 Å². The number of benzodiazepines with no additional fused rings is 1. The fraction of sp³-hybridized carbons (Fsp3) is 0.375. The van der Waals surface area contributed by atoms with Gasteiger partial charge in [-0.3, -0.25) is 19.6 Å². The van der Waals surface area contributed by atoms with Crippen LogP contribution in [0.25, 0.3) is 0 Å². The molecule has 25 heavy (non-hydrogen) atoms. The van der Waals surface area contributed by atoms with Crippen molar-refractivity contribution >= 4 is 17.3 Å². The van der Waals surface area contributed by atoms with Gasteiger partial charge in [0.2, 0.25) is 12.3 Å². The number of fused-ring (bicyclic) bond motifs is 1. The van der Waals surface area contributed by atoms with Crippen LogP contribution in [-0.2, 0) is 9.53 Å². The Morgan fingerprint density at radius 2 is 2.08 bits per heavy atom. The van der Waals surface area contributed by atoms with Gasteiger partial charge in [0.15, 0.2) is 0 Å². The van der Waals surface area contributed by atoms with E-state index in [1.165, 1.54) is 18.5 Å². The first-order valence-electron chi connectivity index (χ1n) is 7.94. The Kier molecular flexibility index (Phi) is 4.24. The molecule has 0 saturated carbocycles. The van der Waals surface area contributed by atoms with E-state index in [1.807, 2.05) is 0 Å². The number of rotatable bonds is 3. The highest BCUT2D eigenvalue weighted by Gasteiger charge is 2.29.